The van der Waals surface area contributed by atoms with Crippen molar-refractivity contribution in [2.75, 3.05) is 13.1 Å². The van der Waals surface area contributed by atoms with Gasteiger partial charge in [0.05, 0.1) is 0 Å². The summed E-state index contributed by atoms with van der Waals surface area (Å²) in [4.78, 5) is 28.6. The molecule has 2 aliphatic rings. The lowest BCUT2D eigenvalue weighted by molar-refractivity contribution is 0.0703. The van der Waals surface area contributed by atoms with E-state index in [9.17, 15) is 14.0 Å². The molecule has 0 aromatic carbocycles. The first kappa shape index (κ1) is 16.8. The third-order valence-corrected chi connectivity index (χ3v) is 4.94. The van der Waals surface area contributed by atoms with Crippen molar-refractivity contribution in [2.45, 2.75) is 57.0 Å². The molecule has 3 amide bonds. The van der Waals surface area contributed by atoms with Gasteiger partial charge in [0.1, 0.15) is 11.5 Å². The van der Waals surface area contributed by atoms with Crippen molar-refractivity contribution in [1.82, 2.24) is 20.5 Å². The van der Waals surface area contributed by atoms with Gasteiger partial charge in [-0.05, 0) is 25.7 Å². The summed E-state index contributed by atoms with van der Waals surface area (Å²) >= 11 is 0. The molecule has 7 heteroatoms. The number of hydrogen-bond donors (Lipinski definition) is 3. The van der Waals surface area contributed by atoms with Crippen LogP contribution < -0.4 is 10.6 Å². The third kappa shape index (κ3) is 4.27. The maximum atomic E-state index is 13.0. The smallest absolute Gasteiger partial charge is 0.315 e. The summed E-state index contributed by atoms with van der Waals surface area (Å²) in [5.41, 5.74) is 0.272. The van der Waals surface area contributed by atoms with E-state index in [2.05, 4.69) is 15.6 Å². The number of hydrogen-bond acceptors (Lipinski definition) is 2. The molecule has 1 aliphatic heterocycles. The van der Waals surface area contributed by atoms with Crippen LogP contribution in [0.2, 0.25) is 0 Å². The van der Waals surface area contributed by atoms with Gasteiger partial charge in [0.15, 0.2) is 0 Å². The van der Waals surface area contributed by atoms with E-state index in [1.54, 1.807) is 4.90 Å². The quantitative estimate of drug-likeness (QED) is 0.792. The van der Waals surface area contributed by atoms with Gasteiger partial charge in [-0.15, -0.1) is 0 Å². The zero-order chi connectivity index (χ0) is 16.9. The van der Waals surface area contributed by atoms with Gasteiger partial charge in [0.2, 0.25) is 0 Å². The van der Waals surface area contributed by atoms with Crippen LogP contribution in [0, 0.1) is 5.82 Å². The molecule has 2 heterocycles. The average molecular weight is 336 g/mol. The molecular formula is C17H25FN4O2. The molecule has 3 N–H and O–H groups in total. The van der Waals surface area contributed by atoms with Crippen LogP contribution in [-0.4, -0.2) is 47.0 Å². The zero-order valence-electron chi connectivity index (χ0n) is 13.8. The Bertz CT molecular complexity index is 575. The average Bonchev–Trinajstić information content (AvgIpc) is 3.02. The lowest BCUT2D eigenvalue weighted by Gasteiger charge is -2.32. The Kier molecular flexibility index (Phi) is 5.37. The number of carbonyl (C=O) groups excluding carboxylic acids is 2. The third-order valence-electron chi connectivity index (χ3n) is 4.94. The van der Waals surface area contributed by atoms with Gasteiger partial charge < -0.3 is 20.5 Å². The predicted molar refractivity (Wildman–Crippen MR) is 88.2 cm³/mol. The minimum atomic E-state index is -0.436. The van der Waals surface area contributed by atoms with Gasteiger partial charge >= 0.3 is 6.03 Å². The fraction of sp³-hybridized carbons (Fsp3) is 0.647. The number of amides is 3. The zero-order valence-corrected chi connectivity index (χ0v) is 13.8. The number of nitrogens with one attached hydrogen (secondary N) is 3. The molecule has 0 spiro atoms. The van der Waals surface area contributed by atoms with Crippen LogP contribution in [0.4, 0.5) is 9.18 Å². The SMILES string of the molecule is O=C(NC1CCCCC1)NC1CCN(C(=O)c2cc(F)c[nH]2)CC1. The number of H-pyrrole nitrogens is 1. The fourth-order valence-corrected chi connectivity index (χ4v) is 3.55. The second-order valence-corrected chi connectivity index (χ2v) is 6.75. The Morgan fingerprint density at radius 1 is 1.04 bits per heavy atom. The van der Waals surface area contributed by atoms with Crippen molar-refractivity contribution in [1.29, 1.82) is 0 Å². The van der Waals surface area contributed by atoms with E-state index < -0.39 is 5.82 Å². The Morgan fingerprint density at radius 3 is 2.25 bits per heavy atom. The lowest BCUT2D eigenvalue weighted by Crippen LogP contribution is -2.51. The Hall–Kier alpha value is -2.05. The Morgan fingerprint density at radius 2 is 1.67 bits per heavy atom. The van der Waals surface area contributed by atoms with Gasteiger partial charge in [0, 0.05) is 37.4 Å². The van der Waals surface area contributed by atoms with E-state index in [-0.39, 0.29) is 23.7 Å². The summed E-state index contributed by atoms with van der Waals surface area (Å²) in [6, 6.07) is 1.49. The summed E-state index contributed by atoms with van der Waals surface area (Å²) in [5, 5.41) is 6.07. The van der Waals surface area contributed by atoms with Crippen LogP contribution in [0.25, 0.3) is 0 Å². The molecule has 1 saturated heterocycles. The van der Waals surface area contributed by atoms with Crippen LogP contribution in [0.15, 0.2) is 12.3 Å². The second-order valence-electron chi connectivity index (χ2n) is 6.75. The highest BCUT2D eigenvalue weighted by Crippen LogP contribution is 2.18. The molecule has 1 saturated carbocycles. The van der Waals surface area contributed by atoms with Crippen molar-refractivity contribution in [3.63, 3.8) is 0 Å². The number of halogens is 1. The first-order chi connectivity index (χ1) is 11.6. The monoisotopic (exact) mass is 336 g/mol. The molecule has 1 aromatic heterocycles. The maximum Gasteiger partial charge on any atom is 0.315 e. The molecular weight excluding hydrogens is 311 g/mol. The van der Waals surface area contributed by atoms with E-state index >= 15 is 0 Å². The minimum absolute atomic E-state index is 0.0815. The van der Waals surface area contributed by atoms with Crippen LogP contribution in [-0.2, 0) is 0 Å². The van der Waals surface area contributed by atoms with E-state index in [0.29, 0.717) is 32.0 Å². The topological polar surface area (TPSA) is 77.2 Å². The maximum absolute atomic E-state index is 13.0. The normalized spacial score (nSPS) is 20.0. The van der Waals surface area contributed by atoms with Gasteiger partial charge in [-0.2, -0.15) is 0 Å². The summed E-state index contributed by atoms with van der Waals surface area (Å²) < 4.78 is 13.0. The van der Waals surface area contributed by atoms with Crippen molar-refractivity contribution in [3.05, 3.63) is 23.8 Å². The summed E-state index contributed by atoms with van der Waals surface area (Å²) in [7, 11) is 0. The number of aromatic amines is 1. The first-order valence-corrected chi connectivity index (χ1v) is 8.82. The van der Waals surface area contributed by atoms with Crippen molar-refractivity contribution in [3.8, 4) is 0 Å². The van der Waals surface area contributed by atoms with Gasteiger partial charge in [-0.1, -0.05) is 19.3 Å². The van der Waals surface area contributed by atoms with Crippen LogP contribution in [0.3, 0.4) is 0 Å². The number of urea groups is 1. The predicted octanol–water partition coefficient (Wildman–Crippen LogP) is 2.39. The highest BCUT2D eigenvalue weighted by molar-refractivity contribution is 5.92. The minimum Gasteiger partial charge on any atom is -0.355 e. The highest BCUT2D eigenvalue weighted by Gasteiger charge is 2.26. The number of likely N-dealkylation sites (tertiary alicyclic amines) is 1. The van der Waals surface area contributed by atoms with Crippen molar-refractivity contribution >= 4 is 11.9 Å². The standard InChI is InChI=1S/C17H25FN4O2/c18-12-10-15(19-11-12)16(23)22-8-6-14(7-9-22)21-17(24)20-13-4-2-1-3-5-13/h10-11,13-14,19H,1-9H2,(H2,20,21,24). The summed E-state index contributed by atoms with van der Waals surface area (Å²) in [6.07, 6.45) is 8.36. The van der Waals surface area contributed by atoms with E-state index in [4.69, 9.17) is 0 Å². The second kappa shape index (κ2) is 7.68. The fourth-order valence-electron chi connectivity index (χ4n) is 3.55. The van der Waals surface area contributed by atoms with Crippen LogP contribution >= 0.6 is 0 Å². The molecule has 3 rings (SSSR count). The molecule has 0 bridgehead atoms. The Balaban J connectivity index is 1.41. The molecule has 1 aliphatic carbocycles. The first-order valence-electron chi connectivity index (χ1n) is 8.82. The molecule has 6 nitrogen and oxygen atoms in total. The molecule has 1 aromatic rings. The highest BCUT2D eigenvalue weighted by atomic mass is 19.1. The molecule has 0 unspecified atom stereocenters. The Labute approximate surface area is 141 Å². The van der Waals surface area contributed by atoms with E-state index in [1.807, 2.05) is 0 Å². The molecule has 24 heavy (non-hydrogen) atoms. The number of rotatable bonds is 3. The lowest BCUT2D eigenvalue weighted by atomic mass is 9.96. The van der Waals surface area contributed by atoms with Crippen LogP contribution in [0.1, 0.15) is 55.4 Å². The summed E-state index contributed by atoms with van der Waals surface area (Å²) in [6.45, 7) is 1.13. The molecule has 132 valence electrons. The number of piperidine rings is 1. The van der Waals surface area contributed by atoms with Gasteiger partial charge in [-0.3, -0.25) is 4.79 Å². The largest absolute Gasteiger partial charge is 0.355 e. The molecule has 0 atom stereocenters. The van der Waals surface area contributed by atoms with E-state index in [0.717, 1.165) is 12.8 Å². The number of nitrogens with zero attached hydrogens (tertiary/aromatic N) is 1. The van der Waals surface area contributed by atoms with Gasteiger partial charge in [0.25, 0.3) is 5.91 Å². The van der Waals surface area contributed by atoms with Crippen LogP contribution in [0.5, 0.6) is 0 Å². The van der Waals surface area contributed by atoms with Crippen molar-refractivity contribution < 1.29 is 14.0 Å². The summed E-state index contributed by atoms with van der Waals surface area (Å²) in [5.74, 6) is -0.627. The van der Waals surface area contributed by atoms with E-state index in [1.165, 1.54) is 31.5 Å². The number of aromatic nitrogens is 1. The molecule has 2 fully saturated rings. The van der Waals surface area contributed by atoms with Gasteiger partial charge in [-0.25, -0.2) is 9.18 Å². The molecule has 0 radical (unpaired) electrons. The number of carbonyl (C=O) groups is 2. The van der Waals surface area contributed by atoms with Crippen molar-refractivity contribution in [2.24, 2.45) is 0 Å².